The minimum Gasteiger partial charge on any atom is -0.339 e. The van der Waals surface area contributed by atoms with Crippen molar-refractivity contribution in [1.29, 1.82) is 0 Å². The second kappa shape index (κ2) is 7.71. The van der Waals surface area contributed by atoms with Crippen LogP contribution in [0, 0.1) is 5.92 Å². The Morgan fingerprint density at radius 1 is 1.29 bits per heavy atom. The molecule has 0 saturated carbocycles. The molecule has 5 heteroatoms. The van der Waals surface area contributed by atoms with Crippen LogP contribution in [0.25, 0.3) is 0 Å². The predicted octanol–water partition coefficient (Wildman–Crippen LogP) is 3.60. The molecule has 2 rings (SSSR count). The summed E-state index contributed by atoms with van der Waals surface area (Å²) >= 11 is 3.54. The molecule has 2 aromatic rings. The molecule has 0 aliphatic carbocycles. The SMILES string of the molecule is CNC(Cc1nc(Cc2ccccc2Br)no1)CC(C)C. The van der Waals surface area contributed by atoms with E-state index in [1.54, 1.807) is 0 Å². The molecule has 1 heterocycles. The first-order chi connectivity index (χ1) is 10.1. The summed E-state index contributed by atoms with van der Waals surface area (Å²) in [6.07, 6.45) is 2.55. The number of nitrogens with zero attached hydrogens (tertiary/aromatic N) is 2. The van der Waals surface area contributed by atoms with Gasteiger partial charge in [0.1, 0.15) is 0 Å². The van der Waals surface area contributed by atoms with Gasteiger partial charge in [-0.25, -0.2) is 0 Å². The van der Waals surface area contributed by atoms with Crippen LogP contribution < -0.4 is 5.32 Å². The average molecular weight is 352 g/mol. The number of hydrogen-bond donors (Lipinski definition) is 1. The van der Waals surface area contributed by atoms with Crippen LogP contribution in [-0.4, -0.2) is 23.2 Å². The Kier molecular flexibility index (Phi) is 5.94. The molecular weight excluding hydrogens is 330 g/mol. The van der Waals surface area contributed by atoms with Gasteiger partial charge in [0.15, 0.2) is 5.82 Å². The van der Waals surface area contributed by atoms with Crippen LogP contribution >= 0.6 is 15.9 Å². The number of likely N-dealkylation sites (N-methyl/N-ethyl adjacent to an activating group) is 1. The lowest BCUT2D eigenvalue weighted by atomic mass is 10.0. The first-order valence-electron chi connectivity index (χ1n) is 7.30. The molecular formula is C16H22BrN3O. The second-order valence-corrected chi connectivity index (χ2v) is 6.55. The Balaban J connectivity index is 1.99. The summed E-state index contributed by atoms with van der Waals surface area (Å²) in [6.45, 7) is 4.44. The molecule has 0 amide bonds. The quantitative estimate of drug-likeness (QED) is 0.827. The van der Waals surface area contributed by atoms with Crippen molar-refractivity contribution in [1.82, 2.24) is 15.5 Å². The Hall–Kier alpha value is -1.20. The maximum Gasteiger partial charge on any atom is 0.228 e. The Bertz CT molecular complexity index is 568. The Labute approximate surface area is 134 Å². The number of nitrogens with one attached hydrogen (secondary N) is 1. The smallest absolute Gasteiger partial charge is 0.228 e. The average Bonchev–Trinajstić information content (AvgIpc) is 2.87. The highest BCUT2D eigenvalue weighted by molar-refractivity contribution is 9.10. The molecule has 1 atom stereocenters. The highest BCUT2D eigenvalue weighted by atomic mass is 79.9. The number of benzene rings is 1. The third kappa shape index (κ3) is 4.93. The first kappa shape index (κ1) is 16.2. The summed E-state index contributed by atoms with van der Waals surface area (Å²) in [5.41, 5.74) is 1.16. The number of halogens is 1. The third-order valence-electron chi connectivity index (χ3n) is 3.40. The molecule has 0 fully saturated rings. The minimum atomic E-state index is 0.377. The molecule has 4 nitrogen and oxygen atoms in total. The molecule has 0 aliphatic rings. The van der Waals surface area contributed by atoms with E-state index in [2.05, 4.69) is 51.3 Å². The van der Waals surface area contributed by atoms with Gasteiger partial charge in [-0.2, -0.15) is 4.98 Å². The molecule has 1 unspecified atom stereocenters. The first-order valence-corrected chi connectivity index (χ1v) is 8.10. The van der Waals surface area contributed by atoms with Crippen molar-refractivity contribution in [2.24, 2.45) is 5.92 Å². The normalized spacial score (nSPS) is 12.8. The van der Waals surface area contributed by atoms with Gasteiger partial charge in [-0.3, -0.25) is 0 Å². The van der Waals surface area contributed by atoms with Crippen LogP contribution in [0.5, 0.6) is 0 Å². The summed E-state index contributed by atoms with van der Waals surface area (Å²) in [5.74, 6) is 2.08. The lowest BCUT2D eigenvalue weighted by Crippen LogP contribution is -2.29. The predicted molar refractivity (Wildman–Crippen MR) is 87.3 cm³/mol. The zero-order chi connectivity index (χ0) is 15.2. The molecule has 0 bridgehead atoms. The maximum atomic E-state index is 5.37. The molecule has 1 N–H and O–H groups in total. The highest BCUT2D eigenvalue weighted by Gasteiger charge is 2.15. The van der Waals surface area contributed by atoms with Gasteiger partial charge in [0.2, 0.25) is 5.89 Å². The molecule has 0 aliphatic heterocycles. The van der Waals surface area contributed by atoms with Crippen molar-refractivity contribution in [3.05, 3.63) is 46.0 Å². The highest BCUT2D eigenvalue weighted by Crippen LogP contribution is 2.18. The van der Waals surface area contributed by atoms with E-state index in [-0.39, 0.29) is 0 Å². The molecule has 114 valence electrons. The zero-order valence-electron chi connectivity index (χ0n) is 12.8. The number of rotatable bonds is 7. The number of aromatic nitrogens is 2. The fourth-order valence-corrected chi connectivity index (χ4v) is 2.76. The minimum absolute atomic E-state index is 0.377. The van der Waals surface area contributed by atoms with Crippen LogP contribution in [0.15, 0.2) is 33.3 Å². The fraction of sp³-hybridized carbons (Fsp3) is 0.500. The van der Waals surface area contributed by atoms with Gasteiger partial charge in [-0.15, -0.1) is 0 Å². The van der Waals surface area contributed by atoms with Gasteiger partial charge >= 0.3 is 0 Å². The van der Waals surface area contributed by atoms with Crippen molar-refractivity contribution in [3.8, 4) is 0 Å². The van der Waals surface area contributed by atoms with Crippen molar-refractivity contribution < 1.29 is 4.52 Å². The van der Waals surface area contributed by atoms with Crippen LogP contribution in [0.4, 0.5) is 0 Å². The molecule has 0 saturated heterocycles. The molecule has 0 radical (unpaired) electrons. The van der Waals surface area contributed by atoms with Gasteiger partial charge in [-0.1, -0.05) is 53.1 Å². The second-order valence-electron chi connectivity index (χ2n) is 5.69. The summed E-state index contributed by atoms with van der Waals surface area (Å²) in [7, 11) is 1.98. The molecule has 1 aromatic heterocycles. The summed E-state index contributed by atoms with van der Waals surface area (Å²) < 4.78 is 6.45. The molecule has 0 spiro atoms. The van der Waals surface area contributed by atoms with E-state index in [4.69, 9.17) is 4.52 Å². The van der Waals surface area contributed by atoms with Gasteiger partial charge < -0.3 is 9.84 Å². The zero-order valence-corrected chi connectivity index (χ0v) is 14.4. The Morgan fingerprint density at radius 3 is 2.71 bits per heavy atom. The maximum absolute atomic E-state index is 5.37. The van der Waals surface area contributed by atoms with E-state index in [1.807, 2.05) is 25.2 Å². The topological polar surface area (TPSA) is 51.0 Å². The van der Waals surface area contributed by atoms with E-state index in [0.717, 1.165) is 28.7 Å². The summed E-state index contributed by atoms with van der Waals surface area (Å²) in [4.78, 5) is 4.50. The van der Waals surface area contributed by atoms with E-state index in [0.29, 0.717) is 24.3 Å². The van der Waals surface area contributed by atoms with Gasteiger partial charge in [0, 0.05) is 23.4 Å². The van der Waals surface area contributed by atoms with E-state index >= 15 is 0 Å². The Morgan fingerprint density at radius 2 is 2.05 bits per heavy atom. The summed E-state index contributed by atoms with van der Waals surface area (Å²) in [5, 5.41) is 7.40. The van der Waals surface area contributed by atoms with Crippen molar-refractivity contribution >= 4 is 15.9 Å². The van der Waals surface area contributed by atoms with Crippen molar-refractivity contribution in [2.75, 3.05) is 7.05 Å². The van der Waals surface area contributed by atoms with Crippen molar-refractivity contribution in [3.63, 3.8) is 0 Å². The van der Waals surface area contributed by atoms with Crippen molar-refractivity contribution in [2.45, 2.75) is 39.2 Å². The third-order valence-corrected chi connectivity index (χ3v) is 4.18. The van der Waals surface area contributed by atoms with Crippen LogP contribution in [0.3, 0.4) is 0 Å². The van der Waals surface area contributed by atoms with Gasteiger partial charge in [0.05, 0.1) is 0 Å². The summed E-state index contributed by atoms with van der Waals surface area (Å²) in [6, 6.07) is 8.48. The largest absolute Gasteiger partial charge is 0.339 e. The van der Waals surface area contributed by atoms with Gasteiger partial charge in [-0.05, 0) is 31.0 Å². The number of hydrogen-bond acceptors (Lipinski definition) is 4. The standard InChI is InChI=1S/C16H22BrN3O/c1-11(2)8-13(18-3)10-16-19-15(20-21-16)9-12-6-4-5-7-14(12)17/h4-7,11,13,18H,8-10H2,1-3H3. The molecule has 21 heavy (non-hydrogen) atoms. The van der Waals surface area contributed by atoms with Crippen LogP contribution in [0.1, 0.15) is 37.5 Å². The van der Waals surface area contributed by atoms with Gasteiger partial charge in [0.25, 0.3) is 0 Å². The fourth-order valence-electron chi connectivity index (χ4n) is 2.34. The lowest BCUT2D eigenvalue weighted by Gasteiger charge is -2.15. The van der Waals surface area contributed by atoms with E-state index in [1.165, 1.54) is 0 Å². The van der Waals surface area contributed by atoms with E-state index in [9.17, 15) is 0 Å². The van der Waals surface area contributed by atoms with Crippen LogP contribution in [0.2, 0.25) is 0 Å². The lowest BCUT2D eigenvalue weighted by molar-refractivity contribution is 0.342. The monoisotopic (exact) mass is 351 g/mol. The molecule has 1 aromatic carbocycles. The van der Waals surface area contributed by atoms with Crippen LogP contribution in [-0.2, 0) is 12.8 Å². The van der Waals surface area contributed by atoms with E-state index < -0.39 is 0 Å².